The minimum Gasteiger partial charge on any atom is -0.378 e. The van der Waals surface area contributed by atoms with E-state index in [1.54, 1.807) is 18.3 Å². The van der Waals surface area contributed by atoms with Crippen molar-refractivity contribution in [3.05, 3.63) is 53.5 Å². The standard InChI is InChI=1S/C23H24FN5O/c1-14(2)21-20-15(12-25-21)3-4-16-13-26-23(28-22(16)20)27-19-6-5-17(11-18(19)24)29-7-9-30-10-8-29/h3-6,11,13-14H,7-10,12H2,1-2H3,(H,26,27,28). The Morgan fingerprint density at radius 3 is 2.73 bits per heavy atom. The van der Waals surface area contributed by atoms with Crippen molar-refractivity contribution in [3.63, 3.8) is 0 Å². The first-order chi connectivity index (χ1) is 14.6. The third kappa shape index (κ3) is 3.39. The summed E-state index contributed by atoms with van der Waals surface area (Å²) in [5, 5.41) is 4.01. The topological polar surface area (TPSA) is 62.6 Å². The van der Waals surface area contributed by atoms with Gasteiger partial charge >= 0.3 is 0 Å². The second-order valence-corrected chi connectivity index (χ2v) is 7.98. The Morgan fingerprint density at radius 2 is 1.97 bits per heavy atom. The van der Waals surface area contributed by atoms with Gasteiger partial charge in [0.05, 0.1) is 31.0 Å². The molecule has 1 fully saturated rings. The van der Waals surface area contributed by atoms with E-state index in [0.717, 1.165) is 41.0 Å². The number of rotatable bonds is 4. The van der Waals surface area contributed by atoms with Gasteiger partial charge in [0.2, 0.25) is 5.95 Å². The lowest BCUT2D eigenvalue weighted by molar-refractivity contribution is 0.122. The van der Waals surface area contributed by atoms with E-state index in [1.165, 1.54) is 5.56 Å². The molecule has 0 bridgehead atoms. The number of morpholine rings is 1. The number of hydrogen-bond acceptors (Lipinski definition) is 6. The van der Waals surface area contributed by atoms with Crippen LogP contribution < -0.4 is 10.2 Å². The van der Waals surface area contributed by atoms with Crippen molar-refractivity contribution in [3.8, 4) is 0 Å². The maximum absolute atomic E-state index is 14.8. The predicted octanol–water partition coefficient (Wildman–Crippen LogP) is 4.31. The van der Waals surface area contributed by atoms with Gasteiger partial charge < -0.3 is 15.0 Å². The maximum Gasteiger partial charge on any atom is 0.227 e. The van der Waals surface area contributed by atoms with Crippen LogP contribution in [0.15, 0.2) is 41.5 Å². The zero-order valence-corrected chi connectivity index (χ0v) is 17.2. The normalized spacial score (nSPS) is 16.1. The Hall–Kier alpha value is -3.06. The third-order valence-electron chi connectivity index (χ3n) is 5.64. The first-order valence-corrected chi connectivity index (χ1v) is 10.3. The van der Waals surface area contributed by atoms with Gasteiger partial charge in [0, 0.05) is 41.6 Å². The van der Waals surface area contributed by atoms with E-state index in [1.807, 2.05) is 12.1 Å². The molecule has 1 saturated heterocycles. The molecular formula is C23H24FN5O. The Bertz CT molecular complexity index is 1140. The van der Waals surface area contributed by atoms with Gasteiger partial charge in [0.25, 0.3) is 0 Å². The summed E-state index contributed by atoms with van der Waals surface area (Å²) in [6.07, 6.45) is 1.78. The highest BCUT2D eigenvalue weighted by atomic mass is 19.1. The number of nitrogens with zero attached hydrogens (tertiary/aromatic N) is 4. The minimum absolute atomic E-state index is 0.313. The van der Waals surface area contributed by atoms with Gasteiger partial charge in [-0.2, -0.15) is 0 Å². The summed E-state index contributed by atoms with van der Waals surface area (Å²) in [7, 11) is 0. The summed E-state index contributed by atoms with van der Waals surface area (Å²) in [4.78, 5) is 15.9. The Morgan fingerprint density at radius 1 is 1.13 bits per heavy atom. The molecule has 2 aliphatic rings. The first kappa shape index (κ1) is 18.9. The number of ether oxygens (including phenoxy) is 1. The second kappa shape index (κ2) is 7.65. The molecule has 0 aliphatic carbocycles. The number of hydrogen-bond donors (Lipinski definition) is 1. The average Bonchev–Trinajstić information content (AvgIpc) is 3.21. The number of anilines is 3. The van der Waals surface area contributed by atoms with Crippen molar-refractivity contribution in [2.75, 3.05) is 36.5 Å². The molecule has 1 aromatic heterocycles. The summed E-state index contributed by atoms with van der Waals surface area (Å²) in [6.45, 7) is 7.83. The molecule has 154 valence electrons. The number of nitrogens with one attached hydrogen (secondary N) is 1. The fourth-order valence-electron chi connectivity index (χ4n) is 4.08. The van der Waals surface area contributed by atoms with Crippen molar-refractivity contribution in [1.29, 1.82) is 0 Å². The lowest BCUT2D eigenvalue weighted by atomic mass is 9.96. The van der Waals surface area contributed by atoms with E-state index in [2.05, 4.69) is 35.1 Å². The van der Waals surface area contributed by atoms with Crippen molar-refractivity contribution in [2.45, 2.75) is 20.4 Å². The van der Waals surface area contributed by atoms with E-state index >= 15 is 0 Å². The van der Waals surface area contributed by atoms with E-state index in [4.69, 9.17) is 14.7 Å². The fourth-order valence-corrected chi connectivity index (χ4v) is 4.08. The van der Waals surface area contributed by atoms with Gasteiger partial charge in [-0.15, -0.1) is 0 Å². The average molecular weight is 405 g/mol. The van der Waals surface area contributed by atoms with Gasteiger partial charge in [0.15, 0.2) is 0 Å². The fraction of sp³-hybridized carbons (Fsp3) is 0.348. The van der Waals surface area contributed by atoms with Crippen LogP contribution in [0.3, 0.4) is 0 Å². The van der Waals surface area contributed by atoms with Crippen LogP contribution >= 0.6 is 0 Å². The van der Waals surface area contributed by atoms with Crippen LogP contribution in [0.5, 0.6) is 0 Å². The molecule has 5 rings (SSSR count). The molecule has 3 heterocycles. The van der Waals surface area contributed by atoms with Crippen LogP contribution in [0, 0.1) is 11.7 Å². The molecule has 3 aromatic rings. The maximum atomic E-state index is 14.8. The number of aromatic nitrogens is 2. The van der Waals surface area contributed by atoms with Gasteiger partial charge in [0.1, 0.15) is 5.82 Å². The summed E-state index contributed by atoms with van der Waals surface area (Å²) in [5.74, 6) is 0.364. The highest BCUT2D eigenvalue weighted by molar-refractivity contribution is 6.13. The molecule has 2 aromatic carbocycles. The number of benzene rings is 2. The van der Waals surface area contributed by atoms with Crippen LogP contribution in [0.1, 0.15) is 25.0 Å². The van der Waals surface area contributed by atoms with Crippen LogP contribution in [0.25, 0.3) is 10.9 Å². The summed E-state index contributed by atoms with van der Waals surface area (Å²) in [5.41, 5.74) is 5.42. The molecule has 2 aliphatic heterocycles. The van der Waals surface area contributed by atoms with E-state index < -0.39 is 0 Å². The summed E-state index contributed by atoms with van der Waals surface area (Å²) in [6, 6.07) is 9.32. The van der Waals surface area contributed by atoms with Gasteiger partial charge in [-0.1, -0.05) is 26.0 Å². The van der Waals surface area contributed by atoms with Crippen LogP contribution in [-0.2, 0) is 11.3 Å². The molecule has 30 heavy (non-hydrogen) atoms. The summed E-state index contributed by atoms with van der Waals surface area (Å²) < 4.78 is 20.2. The van der Waals surface area contributed by atoms with E-state index in [9.17, 15) is 4.39 Å². The Kier molecular flexibility index (Phi) is 4.83. The lowest BCUT2D eigenvalue weighted by Gasteiger charge is -2.29. The molecule has 7 heteroatoms. The molecular weight excluding hydrogens is 381 g/mol. The van der Waals surface area contributed by atoms with Crippen LogP contribution in [-0.4, -0.2) is 42.0 Å². The highest BCUT2D eigenvalue weighted by Crippen LogP contribution is 2.31. The quantitative estimate of drug-likeness (QED) is 0.701. The molecule has 0 amide bonds. The minimum atomic E-state index is -0.328. The largest absolute Gasteiger partial charge is 0.378 e. The van der Waals surface area contributed by atoms with Crippen molar-refractivity contribution in [2.24, 2.45) is 10.9 Å². The second-order valence-electron chi connectivity index (χ2n) is 7.98. The molecule has 1 N–H and O–H groups in total. The number of aliphatic imine (C=N–C) groups is 1. The van der Waals surface area contributed by atoms with Crippen molar-refractivity contribution < 1.29 is 9.13 Å². The third-order valence-corrected chi connectivity index (χ3v) is 5.64. The van der Waals surface area contributed by atoms with E-state index in [0.29, 0.717) is 37.3 Å². The Balaban J connectivity index is 1.46. The monoisotopic (exact) mass is 405 g/mol. The lowest BCUT2D eigenvalue weighted by Crippen LogP contribution is -2.36. The zero-order valence-electron chi connectivity index (χ0n) is 17.2. The molecule has 6 nitrogen and oxygen atoms in total. The smallest absolute Gasteiger partial charge is 0.227 e. The highest BCUT2D eigenvalue weighted by Gasteiger charge is 2.22. The van der Waals surface area contributed by atoms with Crippen LogP contribution in [0.2, 0.25) is 0 Å². The van der Waals surface area contributed by atoms with Crippen LogP contribution in [0.4, 0.5) is 21.7 Å². The molecule has 0 atom stereocenters. The Labute approximate surface area is 174 Å². The zero-order chi connectivity index (χ0) is 20.7. The molecule has 0 saturated carbocycles. The van der Waals surface area contributed by atoms with E-state index in [-0.39, 0.29) is 5.82 Å². The van der Waals surface area contributed by atoms with Gasteiger partial charge in [-0.05, 0) is 29.7 Å². The van der Waals surface area contributed by atoms with Gasteiger partial charge in [-0.3, -0.25) is 4.99 Å². The summed E-state index contributed by atoms with van der Waals surface area (Å²) >= 11 is 0. The van der Waals surface area contributed by atoms with Crippen molar-refractivity contribution in [1.82, 2.24) is 9.97 Å². The SMILES string of the molecule is CC(C)C1=NCc2ccc3cnc(Nc4ccc(N5CCOCC5)cc4F)nc3c21. The van der Waals surface area contributed by atoms with Gasteiger partial charge in [-0.25, -0.2) is 14.4 Å². The number of halogens is 1. The molecule has 0 spiro atoms. The van der Waals surface area contributed by atoms with Crippen molar-refractivity contribution >= 4 is 33.9 Å². The molecule has 0 unspecified atom stereocenters. The number of fused-ring (bicyclic) bond motifs is 3. The predicted molar refractivity (Wildman–Crippen MR) is 117 cm³/mol. The molecule has 0 radical (unpaired) electrons. The first-order valence-electron chi connectivity index (χ1n) is 10.3.